The highest BCUT2D eigenvalue weighted by molar-refractivity contribution is 5.86. The number of carbonyl (C=O) groups is 3. The molecule has 0 radical (unpaired) electrons. The maximum absolute atomic E-state index is 12.6. The molecule has 3 aliphatic rings. The number of aliphatic hydroxyl groups is 1. The summed E-state index contributed by atoms with van der Waals surface area (Å²) in [5, 5.41) is 10.9. The van der Waals surface area contributed by atoms with Gasteiger partial charge in [-0.15, -0.1) is 0 Å². The topological polar surface area (TPSA) is 89.9 Å². The van der Waals surface area contributed by atoms with E-state index in [1.165, 1.54) is 6.92 Å². The van der Waals surface area contributed by atoms with E-state index in [-0.39, 0.29) is 41.3 Å². The highest BCUT2D eigenvalue weighted by Gasteiger charge is 2.65. The van der Waals surface area contributed by atoms with Gasteiger partial charge < -0.3 is 14.6 Å². The monoisotopic (exact) mass is 366 g/mol. The lowest BCUT2D eigenvalue weighted by molar-refractivity contribution is -0.165. The van der Waals surface area contributed by atoms with Crippen LogP contribution in [-0.2, 0) is 23.9 Å². The Hall–Kier alpha value is -1.43. The molecule has 1 saturated heterocycles. The molecule has 26 heavy (non-hydrogen) atoms. The van der Waals surface area contributed by atoms with Gasteiger partial charge in [0.15, 0.2) is 5.60 Å². The third-order valence-corrected chi connectivity index (χ3v) is 6.91. The first-order valence-corrected chi connectivity index (χ1v) is 9.76. The van der Waals surface area contributed by atoms with Gasteiger partial charge in [0.05, 0.1) is 11.8 Å². The fourth-order valence-electron chi connectivity index (χ4n) is 5.26. The van der Waals surface area contributed by atoms with Crippen molar-refractivity contribution in [1.82, 2.24) is 0 Å². The molecule has 0 bridgehead atoms. The molecule has 1 aliphatic heterocycles. The Morgan fingerprint density at radius 1 is 1.35 bits per heavy atom. The number of ketones is 1. The van der Waals surface area contributed by atoms with Gasteiger partial charge in [0.25, 0.3) is 0 Å². The van der Waals surface area contributed by atoms with Crippen molar-refractivity contribution in [2.24, 2.45) is 35.5 Å². The van der Waals surface area contributed by atoms with Crippen molar-refractivity contribution in [3.05, 3.63) is 0 Å². The van der Waals surface area contributed by atoms with E-state index in [2.05, 4.69) is 0 Å². The number of carbonyl (C=O) groups excluding carboxylic acids is 3. The highest BCUT2D eigenvalue weighted by Crippen LogP contribution is 2.53. The van der Waals surface area contributed by atoms with Crippen molar-refractivity contribution in [2.45, 2.75) is 71.7 Å². The molecule has 2 saturated carbocycles. The van der Waals surface area contributed by atoms with Crippen molar-refractivity contribution in [2.75, 3.05) is 0 Å². The van der Waals surface area contributed by atoms with Crippen molar-refractivity contribution in [3.8, 4) is 0 Å². The van der Waals surface area contributed by atoms with Crippen LogP contribution >= 0.6 is 0 Å². The Morgan fingerprint density at radius 3 is 2.62 bits per heavy atom. The molecule has 0 aromatic rings. The summed E-state index contributed by atoms with van der Waals surface area (Å²) >= 11 is 0. The van der Waals surface area contributed by atoms with Crippen molar-refractivity contribution < 1.29 is 29.0 Å². The van der Waals surface area contributed by atoms with Crippen LogP contribution in [0.1, 0.15) is 53.9 Å². The molecule has 3 rings (SSSR count). The van der Waals surface area contributed by atoms with Crippen molar-refractivity contribution in [1.29, 1.82) is 0 Å². The van der Waals surface area contributed by atoms with Gasteiger partial charge in [0.1, 0.15) is 18.0 Å². The number of Topliss-reactive ketones (excluding diaryl/α,β-unsaturated/α-hetero) is 1. The maximum Gasteiger partial charge on any atom is 0.338 e. The second kappa shape index (κ2) is 6.63. The van der Waals surface area contributed by atoms with Gasteiger partial charge in [0, 0.05) is 18.3 Å². The molecule has 0 aromatic carbocycles. The maximum atomic E-state index is 12.6. The molecule has 146 valence electrons. The quantitative estimate of drug-likeness (QED) is 0.770. The Kier molecular flexibility index (Phi) is 4.93. The minimum Gasteiger partial charge on any atom is -0.462 e. The Balaban J connectivity index is 1.99. The van der Waals surface area contributed by atoms with Crippen molar-refractivity contribution >= 4 is 17.7 Å². The summed E-state index contributed by atoms with van der Waals surface area (Å²) < 4.78 is 11.4. The normalized spacial score (nSPS) is 46.2. The molecule has 0 spiro atoms. The molecule has 0 amide bonds. The van der Waals surface area contributed by atoms with Crippen LogP contribution in [0.3, 0.4) is 0 Å². The van der Waals surface area contributed by atoms with E-state index >= 15 is 0 Å². The highest BCUT2D eigenvalue weighted by atomic mass is 16.6. The number of hydrogen-bond acceptors (Lipinski definition) is 6. The van der Waals surface area contributed by atoms with Gasteiger partial charge in [0.2, 0.25) is 0 Å². The van der Waals surface area contributed by atoms with Gasteiger partial charge in [-0.1, -0.05) is 27.7 Å². The van der Waals surface area contributed by atoms with Gasteiger partial charge in [-0.05, 0) is 31.6 Å². The molecule has 1 N–H and O–H groups in total. The zero-order valence-electron chi connectivity index (χ0n) is 16.2. The molecule has 6 nitrogen and oxygen atoms in total. The number of esters is 2. The summed E-state index contributed by atoms with van der Waals surface area (Å²) in [5.74, 6) is -1.99. The minimum atomic E-state index is -1.72. The second-order valence-electron chi connectivity index (χ2n) is 8.79. The molecule has 0 aromatic heterocycles. The van der Waals surface area contributed by atoms with E-state index in [4.69, 9.17) is 9.47 Å². The minimum absolute atomic E-state index is 0.00675. The average Bonchev–Trinajstić information content (AvgIpc) is 2.92. The van der Waals surface area contributed by atoms with E-state index in [9.17, 15) is 19.5 Å². The summed E-state index contributed by atoms with van der Waals surface area (Å²) in [4.78, 5) is 37.4. The van der Waals surface area contributed by atoms with Gasteiger partial charge in [-0.3, -0.25) is 9.59 Å². The van der Waals surface area contributed by atoms with Crippen LogP contribution in [0.25, 0.3) is 0 Å². The van der Waals surface area contributed by atoms with Crippen LogP contribution < -0.4 is 0 Å². The molecule has 9 unspecified atom stereocenters. The zero-order valence-corrected chi connectivity index (χ0v) is 16.2. The third-order valence-electron chi connectivity index (χ3n) is 6.91. The first-order valence-electron chi connectivity index (χ1n) is 9.76. The SMILES string of the molecule is CCC(C)C(=O)OC1CC(C)C2C(=O)CC(C)C2C2OC(=O)C(C)(O)C12. The Morgan fingerprint density at radius 2 is 2.00 bits per heavy atom. The summed E-state index contributed by atoms with van der Waals surface area (Å²) in [6.07, 6.45) is 0.351. The van der Waals surface area contributed by atoms with Crippen LogP contribution in [0.5, 0.6) is 0 Å². The van der Waals surface area contributed by atoms with Crippen LogP contribution in [0, 0.1) is 35.5 Å². The van der Waals surface area contributed by atoms with E-state index < -0.39 is 29.7 Å². The predicted molar refractivity (Wildman–Crippen MR) is 92.9 cm³/mol. The third kappa shape index (κ3) is 2.86. The standard InChI is InChI=1S/C20H30O6/c1-6-9(2)18(22)25-13-8-11(4)14-12(21)7-10(3)15(14)17-16(13)20(5,24)19(23)26-17/h9-11,13-17,24H,6-8H2,1-5H3. The molecule has 3 fully saturated rings. The van der Waals surface area contributed by atoms with Crippen LogP contribution in [0.15, 0.2) is 0 Å². The average molecular weight is 366 g/mol. The van der Waals surface area contributed by atoms with E-state index in [0.29, 0.717) is 19.3 Å². The van der Waals surface area contributed by atoms with Gasteiger partial charge in [-0.25, -0.2) is 4.79 Å². The predicted octanol–water partition coefficient (Wildman–Crippen LogP) is 2.12. The first kappa shape index (κ1) is 19.3. The first-order chi connectivity index (χ1) is 12.1. The van der Waals surface area contributed by atoms with Crippen LogP contribution in [-0.4, -0.2) is 40.6 Å². The van der Waals surface area contributed by atoms with E-state index in [1.54, 1.807) is 6.92 Å². The zero-order chi connectivity index (χ0) is 19.4. The fourth-order valence-corrected chi connectivity index (χ4v) is 5.26. The smallest absolute Gasteiger partial charge is 0.338 e. The van der Waals surface area contributed by atoms with Crippen LogP contribution in [0.4, 0.5) is 0 Å². The lowest BCUT2D eigenvalue weighted by Crippen LogP contribution is -2.48. The summed E-state index contributed by atoms with van der Waals surface area (Å²) in [7, 11) is 0. The van der Waals surface area contributed by atoms with E-state index in [0.717, 1.165) is 0 Å². The molecular formula is C20H30O6. The molecule has 6 heteroatoms. The Bertz CT molecular complexity index is 611. The van der Waals surface area contributed by atoms with Gasteiger partial charge >= 0.3 is 11.9 Å². The Labute approximate surface area is 154 Å². The fraction of sp³-hybridized carbons (Fsp3) is 0.850. The lowest BCUT2D eigenvalue weighted by Gasteiger charge is -2.33. The molecule has 9 atom stereocenters. The summed E-state index contributed by atoms with van der Waals surface area (Å²) in [6, 6.07) is 0. The van der Waals surface area contributed by atoms with E-state index in [1.807, 2.05) is 20.8 Å². The summed E-state index contributed by atoms with van der Waals surface area (Å²) in [5.41, 5.74) is -1.72. The van der Waals surface area contributed by atoms with Crippen molar-refractivity contribution in [3.63, 3.8) is 0 Å². The van der Waals surface area contributed by atoms with Crippen LogP contribution in [0.2, 0.25) is 0 Å². The molecule has 1 heterocycles. The largest absolute Gasteiger partial charge is 0.462 e. The summed E-state index contributed by atoms with van der Waals surface area (Å²) in [6.45, 7) is 9.15. The van der Waals surface area contributed by atoms with Gasteiger partial charge in [-0.2, -0.15) is 0 Å². The number of fused-ring (bicyclic) bond motifs is 3. The number of hydrogen-bond donors (Lipinski definition) is 1. The number of ether oxygens (including phenoxy) is 2. The molecular weight excluding hydrogens is 336 g/mol. The second-order valence-corrected chi connectivity index (χ2v) is 8.79. The lowest BCUT2D eigenvalue weighted by atomic mass is 9.75. The molecule has 2 aliphatic carbocycles. The number of rotatable bonds is 3.